The fraction of sp³-hybridized carbons (Fsp3) is 0.100. The van der Waals surface area contributed by atoms with Crippen LogP contribution in [0.2, 0.25) is 0 Å². The van der Waals surface area contributed by atoms with Gasteiger partial charge in [-0.05, 0) is 22.0 Å². The van der Waals surface area contributed by atoms with Crippen LogP contribution in [-0.2, 0) is 6.54 Å². The molecule has 0 fully saturated rings. The van der Waals surface area contributed by atoms with Gasteiger partial charge in [0, 0.05) is 22.1 Å². The first-order valence-corrected chi connectivity index (χ1v) is 6.27. The van der Waals surface area contributed by atoms with E-state index in [1.807, 2.05) is 0 Å². The van der Waals surface area contributed by atoms with Gasteiger partial charge in [-0.15, -0.1) is 11.3 Å². The largest absolute Gasteiger partial charge is 0.476 e. The number of halogens is 1. The lowest BCUT2D eigenvalue weighted by molar-refractivity contribution is 0.0696. The fourth-order valence-electron chi connectivity index (χ4n) is 1.28. The molecule has 0 spiro atoms. The summed E-state index contributed by atoms with van der Waals surface area (Å²) >= 11 is 4.32. The van der Waals surface area contributed by atoms with Crippen LogP contribution in [0, 0.1) is 0 Å². The van der Waals surface area contributed by atoms with E-state index < -0.39 is 5.97 Å². The van der Waals surface area contributed by atoms with Crippen molar-refractivity contribution in [1.82, 2.24) is 9.55 Å². The molecule has 2 aromatic rings. The number of carboxylic acids is 1. The summed E-state index contributed by atoms with van der Waals surface area (Å²) in [5.74, 6) is -1.05. The van der Waals surface area contributed by atoms with E-state index in [9.17, 15) is 9.59 Å². The molecule has 88 valence electrons. The standard InChI is InChI=1S/C10H7BrN2O3S/c11-6-1-2-8(14)13(3-6)4-7-5-17-9(12-7)10(15)16/h1-3,5H,4H2,(H,15,16). The normalized spacial score (nSPS) is 10.4. The highest BCUT2D eigenvalue weighted by atomic mass is 79.9. The Balaban J connectivity index is 2.28. The van der Waals surface area contributed by atoms with Crippen LogP contribution in [0.4, 0.5) is 0 Å². The predicted molar refractivity (Wildman–Crippen MR) is 66.6 cm³/mol. The molecule has 2 rings (SSSR count). The second kappa shape index (κ2) is 4.80. The molecule has 17 heavy (non-hydrogen) atoms. The van der Waals surface area contributed by atoms with Gasteiger partial charge in [-0.3, -0.25) is 4.79 Å². The summed E-state index contributed by atoms with van der Waals surface area (Å²) in [6, 6.07) is 3.09. The highest BCUT2D eigenvalue weighted by molar-refractivity contribution is 9.10. The number of hydrogen-bond acceptors (Lipinski definition) is 4. The average molecular weight is 315 g/mol. The van der Waals surface area contributed by atoms with Crippen molar-refractivity contribution >= 4 is 33.2 Å². The molecule has 0 amide bonds. The smallest absolute Gasteiger partial charge is 0.365 e. The number of aromatic nitrogens is 2. The molecule has 7 heteroatoms. The molecule has 0 saturated carbocycles. The summed E-state index contributed by atoms with van der Waals surface area (Å²) in [5.41, 5.74) is 0.408. The Morgan fingerprint density at radius 3 is 2.94 bits per heavy atom. The Bertz CT molecular complexity index is 620. The topological polar surface area (TPSA) is 72.2 Å². The van der Waals surface area contributed by atoms with Gasteiger partial charge in [0.1, 0.15) is 0 Å². The maximum absolute atomic E-state index is 11.5. The van der Waals surface area contributed by atoms with E-state index in [-0.39, 0.29) is 17.1 Å². The Kier molecular flexibility index (Phi) is 3.39. The lowest BCUT2D eigenvalue weighted by Crippen LogP contribution is -2.19. The fourth-order valence-corrected chi connectivity index (χ4v) is 2.30. The first kappa shape index (κ1) is 12.0. The predicted octanol–water partition coefficient (Wildman–Crippen LogP) is 1.81. The van der Waals surface area contributed by atoms with Crippen LogP contribution in [0.1, 0.15) is 15.5 Å². The Hall–Kier alpha value is -1.47. The Morgan fingerprint density at radius 2 is 2.29 bits per heavy atom. The van der Waals surface area contributed by atoms with Crippen molar-refractivity contribution in [1.29, 1.82) is 0 Å². The summed E-state index contributed by atoms with van der Waals surface area (Å²) in [5, 5.41) is 10.4. The van der Waals surface area contributed by atoms with Crippen LogP contribution in [0.3, 0.4) is 0 Å². The van der Waals surface area contributed by atoms with Crippen LogP contribution in [0.25, 0.3) is 0 Å². The molecule has 0 unspecified atom stereocenters. The van der Waals surface area contributed by atoms with E-state index >= 15 is 0 Å². The number of rotatable bonds is 3. The first-order chi connectivity index (χ1) is 8.06. The molecule has 0 radical (unpaired) electrons. The molecule has 2 aromatic heterocycles. The maximum Gasteiger partial charge on any atom is 0.365 e. The van der Waals surface area contributed by atoms with Crippen LogP contribution in [-0.4, -0.2) is 20.6 Å². The van der Waals surface area contributed by atoms with Crippen molar-refractivity contribution < 1.29 is 9.90 Å². The van der Waals surface area contributed by atoms with Crippen LogP contribution >= 0.6 is 27.3 Å². The molecular formula is C10H7BrN2O3S. The highest BCUT2D eigenvalue weighted by Crippen LogP contribution is 2.11. The van der Waals surface area contributed by atoms with Gasteiger partial charge in [0.2, 0.25) is 5.01 Å². The third kappa shape index (κ3) is 2.80. The molecular weight excluding hydrogens is 308 g/mol. The lowest BCUT2D eigenvalue weighted by atomic mass is 10.4. The zero-order chi connectivity index (χ0) is 12.4. The molecule has 2 heterocycles. The third-order valence-corrected chi connectivity index (χ3v) is 3.36. The number of hydrogen-bond donors (Lipinski definition) is 1. The van der Waals surface area contributed by atoms with Crippen molar-refractivity contribution in [3.05, 3.63) is 49.2 Å². The number of carbonyl (C=O) groups is 1. The molecule has 0 bridgehead atoms. The molecule has 1 N–H and O–H groups in total. The third-order valence-electron chi connectivity index (χ3n) is 2.01. The zero-order valence-corrected chi connectivity index (χ0v) is 10.9. The van der Waals surface area contributed by atoms with Crippen molar-refractivity contribution in [2.75, 3.05) is 0 Å². The van der Waals surface area contributed by atoms with Crippen LogP contribution in [0.5, 0.6) is 0 Å². The number of thiazole rings is 1. The summed E-state index contributed by atoms with van der Waals surface area (Å²) < 4.78 is 2.25. The molecule has 0 aliphatic heterocycles. The first-order valence-electron chi connectivity index (χ1n) is 4.60. The van der Waals surface area contributed by atoms with Crippen molar-refractivity contribution in [2.24, 2.45) is 0 Å². The van der Waals surface area contributed by atoms with Gasteiger partial charge < -0.3 is 9.67 Å². The van der Waals surface area contributed by atoms with Crippen LogP contribution in [0.15, 0.2) is 33.0 Å². The summed E-state index contributed by atoms with van der Waals surface area (Å²) in [6.07, 6.45) is 1.64. The quantitative estimate of drug-likeness (QED) is 0.938. The van der Waals surface area contributed by atoms with Gasteiger partial charge in [0.15, 0.2) is 0 Å². The van der Waals surface area contributed by atoms with Gasteiger partial charge in [-0.2, -0.15) is 0 Å². The Morgan fingerprint density at radius 1 is 1.53 bits per heavy atom. The van der Waals surface area contributed by atoms with E-state index in [4.69, 9.17) is 5.11 Å². The molecule has 0 saturated heterocycles. The van der Waals surface area contributed by atoms with Crippen molar-refractivity contribution in [3.8, 4) is 0 Å². The van der Waals surface area contributed by atoms with Gasteiger partial charge in [-0.25, -0.2) is 9.78 Å². The van der Waals surface area contributed by atoms with Gasteiger partial charge in [0.05, 0.1) is 12.2 Å². The summed E-state index contributed by atoms with van der Waals surface area (Å²) in [7, 11) is 0. The van der Waals surface area contributed by atoms with Gasteiger partial charge in [-0.1, -0.05) is 0 Å². The number of aromatic carboxylic acids is 1. The monoisotopic (exact) mass is 314 g/mol. The van der Waals surface area contributed by atoms with Gasteiger partial charge in [0.25, 0.3) is 5.56 Å². The second-order valence-corrected chi connectivity index (χ2v) is 5.04. The molecule has 0 aliphatic carbocycles. The van der Waals surface area contributed by atoms with Crippen LogP contribution < -0.4 is 5.56 Å². The highest BCUT2D eigenvalue weighted by Gasteiger charge is 2.09. The molecule has 0 aliphatic rings. The van der Waals surface area contributed by atoms with Crippen molar-refractivity contribution in [2.45, 2.75) is 6.54 Å². The van der Waals surface area contributed by atoms with E-state index in [2.05, 4.69) is 20.9 Å². The van der Waals surface area contributed by atoms with E-state index in [0.29, 0.717) is 5.69 Å². The minimum absolute atomic E-state index is 0.0306. The zero-order valence-electron chi connectivity index (χ0n) is 8.46. The number of nitrogens with zero attached hydrogens (tertiary/aromatic N) is 2. The minimum atomic E-state index is -1.05. The average Bonchev–Trinajstić information content (AvgIpc) is 2.72. The van der Waals surface area contributed by atoms with E-state index in [0.717, 1.165) is 15.8 Å². The second-order valence-electron chi connectivity index (χ2n) is 3.26. The lowest BCUT2D eigenvalue weighted by Gasteiger charge is -2.02. The molecule has 0 aromatic carbocycles. The van der Waals surface area contributed by atoms with E-state index in [1.54, 1.807) is 17.6 Å². The molecule has 0 atom stereocenters. The molecule has 5 nitrogen and oxygen atoms in total. The van der Waals surface area contributed by atoms with E-state index in [1.165, 1.54) is 10.6 Å². The Labute approximate surface area is 108 Å². The summed E-state index contributed by atoms with van der Waals surface area (Å²) in [6.45, 7) is 0.266. The number of pyridine rings is 1. The number of carboxylic acid groups (broad SMARTS) is 1. The van der Waals surface area contributed by atoms with Crippen molar-refractivity contribution in [3.63, 3.8) is 0 Å². The minimum Gasteiger partial charge on any atom is -0.476 e. The SMILES string of the molecule is O=C(O)c1nc(Cn2cc(Br)ccc2=O)cs1. The maximum atomic E-state index is 11.5. The summed E-state index contributed by atoms with van der Waals surface area (Å²) in [4.78, 5) is 26.1. The van der Waals surface area contributed by atoms with Gasteiger partial charge >= 0.3 is 5.97 Å².